The maximum absolute atomic E-state index is 10.7. The largest absolute Gasteiger partial charge is 0.385 e. The van der Waals surface area contributed by atoms with E-state index in [4.69, 9.17) is 0 Å². The molecule has 1 aliphatic rings. The van der Waals surface area contributed by atoms with Crippen LogP contribution in [0.1, 0.15) is 65.7 Å². The average Bonchev–Trinajstić information content (AvgIpc) is 2.15. The van der Waals surface area contributed by atoms with Crippen molar-refractivity contribution in [3.63, 3.8) is 0 Å². The van der Waals surface area contributed by atoms with Gasteiger partial charge in [-0.25, -0.2) is 0 Å². The van der Waals surface area contributed by atoms with Crippen LogP contribution in [0.5, 0.6) is 0 Å². The lowest BCUT2D eigenvalue weighted by Gasteiger charge is -2.35. The maximum atomic E-state index is 10.7. The molecule has 1 rings (SSSR count). The molecule has 1 unspecified atom stereocenters. The minimum atomic E-state index is -0.544. The fraction of sp³-hybridized carbons (Fsp3) is 0.857. The molecule has 1 atom stereocenters. The SMILES string of the molecule is CCC(O)(C1=CCCCCCC1)C(C)C. The second-order valence-corrected chi connectivity index (χ2v) is 5.11. The van der Waals surface area contributed by atoms with Gasteiger partial charge in [0, 0.05) is 0 Å². The van der Waals surface area contributed by atoms with E-state index < -0.39 is 5.60 Å². The monoisotopic (exact) mass is 210 g/mol. The van der Waals surface area contributed by atoms with E-state index in [0.29, 0.717) is 5.92 Å². The maximum Gasteiger partial charge on any atom is 0.0876 e. The Morgan fingerprint density at radius 3 is 2.53 bits per heavy atom. The number of aliphatic hydroxyl groups is 1. The summed E-state index contributed by atoms with van der Waals surface area (Å²) < 4.78 is 0. The van der Waals surface area contributed by atoms with Gasteiger partial charge in [-0.05, 0) is 43.6 Å². The summed E-state index contributed by atoms with van der Waals surface area (Å²) in [5.41, 5.74) is 0.761. The molecule has 1 aliphatic carbocycles. The molecule has 0 heterocycles. The van der Waals surface area contributed by atoms with Crippen LogP contribution in [0.15, 0.2) is 11.6 Å². The van der Waals surface area contributed by atoms with Crippen molar-refractivity contribution in [3.8, 4) is 0 Å². The summed E-state index contributed by atoms with van der Waals surface area (Å²) in [5.74, 6) is 0.327. The molecule has 88 valence electrons. The average molecular weight is 210 g/mol. The Hall–Kier alpha value is -0.300. The fourth-order valence-electron chi connectivity index (χ4n) is 2.59. The van der Waals surface area contributed by atoms with Crippen molar-refractivity contribution in [2.24, 2.45) is 5.92 Å². The van der Waals surface area contributed by atoms with Gasteiger partial charge >= 0.3 is 0 Å². The molecule has 15 heavy (non-hydrogen) atoms. The predicted molar refractivity (Wildman–Crippen MR) is 65.9 cm³/mol. The van der Waals surface area contributed by atoms with E-state index in [1.54, 1.807) is 0 Å². The Bertz CT molecular complexity index is 217. The Balaban J connectivity index is 2.80. The zero-order valence-electron chi connectivity index (χ0n) is 10.6. The van der Waals surface area contributed by atoms with Crippen LogP contribution in [-0.4, -0.2) is 10.7 Å². The van der Waals surface area contributed by atoms with Crippen LogP contribution in [0.2, 0.25) is 0 Å². The molecule has 0 aliphatic heterocycles. The summed E-state index contributed by atoms with van der Waals surface area (Å²) in [7, 11) is 0. The third kappa shape index (κ3) is 3.07. The van der Waals surface area contributed by atoms with E-state index >= 15 is 0 Å². The first kappa shape index (κ1) is 12.8. The van der Waals surface area contributed by atoms with Gasteiger partial charge in [-0.2, -0.15) is 0 Å². The molecule has 0 aromatic rings. The molecule has 1 N–H and O–H groups in total. The lowest BCUT2D eigenvalue weighted by Crippen LogP contribution is -2.36. The summed E-state index contributed by atoms with van der Waals surface area (Å²) in [6, 6.07) is 0. The first-order valence-electron chi connectivity index (χ1n) is 6.53. The second kappa shape index (κ2) is 5.69. The Morgan fingerprint density at radius 2 is 1.93 bits per heavy atom. The van der Waals surface area contributed by atoms with Crippen LogP contribution in [-0.2, 0) is 0 Å². The van der Waals surface area contributed by atoms with Crippen LogP contribution >= 0.6 is 0 Å². The van der Waals surface area contributed by atoms with Crippen LogP contribution in [0.25, 0.3) is 0 Å². The van der Waals surface area contributed by atoms with Gasteiger partial charge in [0.25, 0.3) is 0 Å². The smallest absolute Gasteiger partial charge is 0.0876 e. The predicted octanol–water partition coefficient (Wildman–Crippen LogP) is 4.06. The Kier molecular flexibility index (Phi) is 4.85. The van der Waals surface area contributed by atoms with Crippen molar-refractivity contribution in [2.75, 3.05) is 0 Å². The highest BCUT2D eigenvalue weighted by molar-refractivity contribution is 5.18. The molecule has 0 saturated carbocycles. The van der Waals surface area contributed by atoms with Gasteiger partial charge in [-0.1, -0.05) is 39.7 Å². The molecule has 0 fully saturated rings. The van der Waals surface area contributed by atoms with Gasteiger partial charge < -0.3 is 5.11 Å². The molecule has 0 amide bonds. The normalized spacial score (nSPS) is 22.9. The molecular formula is C14H26O. The molecule has 0 saturated heterocycles. The lowest BCUT2D eigenvalue weighted by molar-refractivity contribution is 0.0235. The van der Waals surface area contributed by atoms with Crippen molar-refractivity contribution in [1.82, 2.24) is 0 Å². The third-order valence-corrected chi connectivity index (χ3v) is 3.84. The molecule has 0 bridgehead atoms. The van der Waals surface area contributed by atoms with Gasteiger partial charge in [0.2, 0.25) is 0 Å². The van der Waals surface area contributed by atoms with Crippen LogP contribution in [0.3, 0.4) is 0 Å². The Labute approximate surface area is 94.6 Å². The van der Waals surface area contributed by atoms with E-state index in [1.165, 1.54) is 31.3 Å². The highest BCUT2D eigenvalue weighted by atomic mass is 16.3. The summed E-state index contributed by atoms with van der Waals surface area (Å²) in [6.45, 7) is 6.35. The summed E-state index contributed by atoms with van der Waals surface area (Å²) >= 11 is 0. The van der Waals surface area contributed by atoms with Gasteiger partial charge in [0.1, 0.15) is 0 Å². The first-order valence-corrected chi connectivity index (χ1v) is 6.53. The number of rotatable bonds is 3. The second-order valence-electron chi connectivity index (χ2n) is 5.11. The quantitative estimate of drug-likeness (QED) is 0.696. The van der Waals surface area contributed by atoms with Gasteiger partial charge in [0.05, 0.1) is 5.60 Å². The van der Waals surface area contributed by atoms with Gasteiger partial charge in [-0.15, -0.1) is 0 Å². The number of hydrogen-bond donors (Lipinski definition) is 1. The Morgan fingerprint density at radius 1 is 1.27 bits per heavy atom. The molecule has 1 nitrogen and oxygen atoms in total. The fourth-order valence-corrected chi connectivity index (χ4v) is 2.59. The van der Waals surface area contributed by atoms with Crippen LogP contribution in [0, 0.1) is 5.92 Å². The van der Waals surface area contributed by atoms with E-state index in [-0.39, 0.29) is 0 Å². The van der Waals surface area contributed by atoms with E-state index in [2.05, 4.69) is 26.8 Å². The van der Waals surface area contributed by atoms with E-state index in [9.17, 15) is 5.11 Å². The van der Waals surface area contributed by atoms with Crippen molar-refractivity contribution >= 4 is 0 Å². The van der Waals surface area contributed by atoms with Crippen molar-refractivity contribution in [2.45, 2.75) is 71.3 Å². The van der Waals surface area contributed by atoms with Gasteiger partial charge in [0.15, 0.2) is 0 Å². The first-order chi connectivity index (χ1) is 7.11. The van der Waals surface area contributed by atoms with E-state index in [0.717, 1.165) is 19.3 Å². The van der Waals surface area contributed by atoms with Crippen molar-refractivity contribution in [3.05, 3.63) is 11.6 Å². The molecule has 1 heteroatoms. The van der Waals surface area contributed by atoms with E-state index in [1.807, 2.05) is 0 Å². The molecule has 0 aromatic heterocycles. The third-order valence-electron chi connectivity index (χ3n) is 3.84. The highest BCUT2D eigenvalue weighted by Gasteiger charge is 2.32. The zero-order valence-corrected chi connectivity index (χ0v) is 10.6. The minimum Gasteiger partial charge on any atom is -0.385 e. The molecule has 0 spiro atoms. The molecule has 0 aromatic carbocycles. The summed E-state index contributed by atoms with van der Waals surface area (Å²) in [5, 5.41) is 10.7. The zero-order chi connectivity index (χ0) is 11.3. The van der Waals surface area contributed by atoms with Crippen LogP contribution < -0.4 is 0 Å². The van der Waals surface area contributed by atoms with Gasteiger partial charge in [-0.3, -0.25) is 0 Å². The standard InChI is InChI=1S/C14H26O/c1-4-14(15,12(2)3)13-10-8-6-5-7-9-11-13/h10,12,15H,4-9,11H2,1-3H3. The molecule has 0 radical (unpaired) electrons. The minimum absolute atomic E-state index is 0.327. The number of hydrogen-bond acceptors (Lipinski definition) is 1. The number of allylic oxidation sites excluding steroid dienone is 1. The highest BCUT2D eigenvalue weighted by Crippen LogP contribution is 2.34. The summed E-state index contributed by atoms with van der Waals surface area (Å²) in [6.07, 6.45) is 10.6. The van der Waals surface area contributed by atoms with Crippen molar-refractivity contribution in [1.29, 1.82) is 0 Å². The molecular weight excluding hydrogens is 184 g/mol. The lowest BCUT2D eigenvalue weighted by atomic mass is 9.77. The van der Waals surface area contributed by atoms with Crippen molar-refractivity contribution < 1.29 is 5.11 Å². The van der Waals surface area contributed by atoms with Crippen LogP contribution in [0.4, 0.5) is 0 Å². The summed E-state index contributed by atoms with van der Waals surface area (Å²) in [4.78, 5) is 0. The topological polar surface area (TPSA) is 20.2 Å².